The van der Waals surface area contributed by atoms with Gasteiger partial charge < -0.3 is 15.0 Å². The number of H-pyrrole nitrogens is 1. The van der Waals surface area contributed by atoms with Gasteiger partial charge in [0.2, 0.25) is 5.91 Å². The van der Waals surface area contributed by atoms with E-state index in [1.807, 2.05) is 6.92 Å². The van der Waals surface area contributed by atoms with Crippen molar-refractivity contribution in [1.82, 2.24) is 15.3 Å². The van der Waals surface area contributed by atoms with Crippen LogP contribution in [0, 0.1) is 5.92 Å². The Hall–Kier alpha value is -1.36. The van der Waals surface area contributed by atoms with E-state index in [1.165, 1.54) is 0 Å². The zero-order valence-corrected chi connectivity index (χ0v) is 10.3. The van der Waals surface area contributed by atoms with Crippen LogP contribution < -0.4 is 5.32 Å². The molecule has 17 heavy (non-hydrogen) atoms. The Morgan fingerprint density at radius 2 is 2.59 bits per heavy atom. The Balaban J connectivity index is 1.90. The van der Waals surface area contributed by atoms with Gasteiger partial charge in [0, 0.05) is 31.2 Å². The van der Waals surface area contributed by atoms with Crippen LogP contribution in [0.2, 0.25) is 0 Å². The molecule has 2 atom stereocenters. The molecule has 1 aliphatic rings. The molecule has 0 fully saturated rings. The highest BCUT2D eigenvalue weighted by Gasteiger charge is 2.26. The summed E-state index contributed by atoms with van der Waals surface area (Å²) >= 11 is 0. The highest BCUT2D eigenvalue weighted by atomic mass is 16.5. The zero-order valence-electron chi connectivity index (χ0n) is 10.3. The fourth-order valence-electron chi connectivity index (χ4n) is 2.28. The average molecular weight is 237 g/mol. The quantitative estimate of drug-likeness (QED) is 0.808. The van der Waals surface area contributed by atoms with E-state index in [1.54, 1.807) is 13.4 Å². The first kappa shape index (κ1) is 12.1. The van der Waals surface area contributed by atoms with E-state index in [9.17, 15) is 4.79 Å². The SMILES string of the molecule is COCC(C)NC(=O)C1CCc2nc[nH]c2C1. The van der Waals surface area contributed by atoms with E-state index >= 15 is 0 Å². The minimum Gasteiger partial charge on any atom is -0.383 e. The van der Waals surface area contributed by atoms with E-state index in [4.69, 9.17) is 4.74 Å². The summed E-state index contributed by atoms with van der Waals surface area (Å²) < 4.78 is 5.00. The molecule has 5 nitrogen and oxygen atoms in total. The number of hydrogen-bond donors (Lipinski definition) is 2. The fraction of sp³-hybridized carbons (Fsp3) is 0.667. The van der Waals surface area contributed by atoms with Crippen molar-refractivity contribution in [3.8, 4) is 0 Å². The van der Waals surface area contributed by atoms with E-state index < -0.39 is 0 Å². The molecule has 1 aliphatic carbocycles. The molecule has 1 amide bonds. The van der Waals surface area contributed by atoms with Crippen LogP contribution in [0.4, 0.5) is 0 Å². The number of aromatic amines is 1. The molecule has 0 aromatic carbocycles. The normalized spacial score (nSPS) is 20.7. The number of carbonyl (C=O) groups is 1. The molecule has 0 radical (unpaired) electrons. The van der Waals surface area contributed by atoms with Crippen LogP contribution in [0.25, 0.3) is 0 Å². The maximum atomic E-state index is 12.0. The van der Waals surface area contributed by atoms with Gasteiger partial charge in [-0.05, 0) is 19.8 Å². The van der Waals surface area contributed by atoms with Crippen LogP contribution in [0.15, 0.2) is 6.33 Å². The number of rotatable bonds is 4. The van der Waals surface area contributed by atoms with E-state index in [0.717, 1.165) is 30.7 Å². The lowest BCUT2D eigenvalue weighted by Gasteiger charge is -2.22. The molecule has 2 N–H and O–H groups in total. The number of fused-ring (bicyclic) bond motifs is 1. The molecular formula is C12H19N3O2. The first-order valence-corrected chi connectivity index (χ1v) is 6.01. The number of ether oxygens (including phenoxy) is 1. The highest BCUT2D eigenvalue weighted by Crippen LogP contribution is 2.22. The molecule has 0 bridgehead atoms. The number of aromatic nitrogens is 2. The Morgan fingerprint density at radius 1 is 1.76 bits per heavy atom. The molecule has 94 valence electrons. The molecule has 5 heteroatoms. The lowest BCUT2D eigenvalue weighted by atomic mass is 9.89. The second-order valence-corrected chi connectivity index (χ2v) is 4.63. The van der Waals surface area contributed by atoms with Crippen molar-refractivity contribution >= 4 is 5.91 Å². The zero-order chi connectivity index (χ0) is 12.3. The standard InChI is InChI=1S/C12H19N3O2/c1-8(6-17-2)15-12(16)9-3-4-10-11(5-9)14-7-13-10/h7-9H,3-6H2,1-2H3,(H,13,14)(H,15,16). The van der Waals surface area contributed by atoms with Crippen LogP contribution in [-0.2, 0) is 22.4 Å². The van der Waals surface area contributed by atoms with E-state index in [-0.39, 0.29) is 17.9 Å². The summed E-state index contributed by atoms with van der Waals surface area (Å²) in [7, 11) is 1.64. The third-order valence-corrected chi connectivity index (χ3v) is 3.16. The number of aryl methyl sites for hydroxylation is 1. The minimum absolute atomic E-state index is 0.0576. The summed E-state index contributed by atoms with van der Waals surface area (Å²) in [5, 5.41) is 2.98. The van der Waals surface area contributed by atoms with Gasteiger partial charge in [-0.1, -0.05) is 0 Å². The first-order valence-electron chi connectivity index (χ1n) is 6.01. The van der Waals surface area contributed by atoms with Crippen LogP contribution in [0.1, 0.15) is 24.7 Å². The fourth-order valence-corrected chi connectivity index (χ4v) is 2.28. The summed E-state index contributed by atoms with van der Waals surface area (Å²) in [6.45, 7) is 2.50. The summed E-state index contributed by atoms with van der Waals surface area (Å²) in [6, 6.07) is 0.0654. The van der Waals surface area contributed by atoms with Gasteiger partial charge in [-0.15, -0.1) is 0 Å². The van der Waals surface area contributed by atoms with Gasteiger partial charge in [0.15, 0.2) is 0 Å². The van der Waals surface area contributed by atoms with Gasteiger partial charge in [-0.25, -0.2) is 4.98 Å². The molecule has 1 heterocycles. The largest absolute Gasteiger partial charge is 0.383 e. The van der Waals surface area contributed by atoms with Gasteiger partial charge >= 0.3 is 0 Å². The van der Waals surface area contributed by atoms with Crippen LogP contribution in [0.5, 0.6) is 0 Å². The van der Waals surface area contributed by atoms with Gasteiger partial charge in [0.05, 0.1) is 18.6 Å². The number of imidazole rings is 1. The Bertz CT molecular complexity index is 389. The van der Waals surface area contributed by atoms with E-state index in [0.29, 0.717) is 6.61 Å². The van der Waals surface area contributed by atoms with E-state index in [2.05, 4.69) is 15.3 Å². The lowest BCUT2D eigenvalue weighted by Crippen LogP contribution is -2.41. The first-order chi connectivity index (χ1) is 8.20. The number of nitrogens with one attached hydrogen (secondary N) is 2. The van der Waals surface area contributed by atoms with Crippen LogP contribution in [-0.4, -0.2) is 35.6 Å². The monoisotopic (exact) mass is 237 g/mol. The van der Waals surface area contributed by atoms with Gasteiger partial charge in [-0.2, -0.15) is 0 Å². The molecule has 1 aromatic rings. The average Bonchev–Trinajstić information content (AvgIpc) is 2.75. The van der Waals surface area contributed by atoms with Crippen molar-refractivity contribution < 1.29 is 9.53 Å². The van der Waals surface area contributed by atoms with Crippen LogP contribution >= 0.6 is 0 Å². The third kappa shape index (κ3) is 2.85. The Labute approximate surface area is 101 Å². The molecule has 0 saturated carbocycles. The highest BCUT2D eigenvalue weighted by molar-refractivity contribution is 5.79. The third-order valence-electron chi connectivity index (χ3n) is 3.16. The summed E-state index contributed by atoms with van der Waals surface area (Å²) in [5.41, 5.74) is 2.22. The van der Waals surface area contributed by atoms with Crippen molar-refractivity contribution in [1.29, 1.82) is 0 Å². The van der Waals surface area contributed by atoms with Crippen molar-refractivity contribution in [2.45, 2.75) is 32.2 Å². The van der Waals surface area contributed by atoms with Gasteiger partial charge in [0.1, 0.15) is 0 Å². The Kier molecular flexibility index (Phi) is 3.78. The van der Waals surface area contributed by atoms with Crippen molar-refractivity contribution in [3.05, 3.63) is 17.7 Å². The van der Waals surface area contributed by atoms with Gasteiger partial charge in [0.25, 0.3) is 0 Å². The van der Waals surface area contributed by atoms with Gasteiger partial charge in [-0.3, -0.25) is 4.79 Å². The lowest BCUT2D eigenvalue weighted by molar-refractivity contribution is -0.126. The second kappa shape index (κ2) is 5.31. The van der Waals surface area contributed by atoms with Crippen LogP contribution in [0.3, 0.4) is 0 Å². The number of amides is 1. The second-order valence-electron chi connectivity index (χ2n) is 4.63. The molecule has 2 unspecified atom stereocenters. The van der Waals surface area contributed by atoms with Crippen molar-refractivity contribution in [2.24, 2.45) is 5.92 Å². The molecule has 0 spiro atoms. The maximum Gasteiger partial charge on any atom is 0.223 e. The van der Waals surface area contributed by atoms with Crippen molar-refractivity contribution in [3.63, 3.8) is 0 Å². The molecule has 1 aromatic heterocycles. The predicted octanol–water partition coefficient (Wildman–Crippen LogP) is 0.666. The molecule has 0 saturated heterocycles. The summed E-state index contributed by atoms with van der Waals surface area (Å²) in [5.74, 6) is 0.178. The summed E-state index contributed by atoms with van der Waals surface area (Å²) in [6.07, 6.45) is 4.23. The maximum absolute atomic E-state index is 12.0. The Morgan fingerprint density at radius 3 is 3.35 bits per heavy atom. The minimum atomic E-state index is 0.0576. The van der Waals surface area contributed by atoms with Crippen molar-refractivity contribution in [2.75, 3.05) is 13.7 Å². The summed E-state index contributed by atoms with van der Waals surface area (Å²) in [4.78, 5) is 19.4. The number of nitrogens with zero attached hydrogens (tertiary/aromatic N) is 1. The number of methoxy groups -OCH3 is 1. The predicted molar refractivity (Wildman–Crippen MR) is 63.6 cm³/mol. The topological polar surface area (TPSA) is 67.0 Å². The molecular weight excluding hydrogens is 218 g/mol. The molecule has 2 rings (SSSR count). The number of carbonyl (C=O) groups excluding carboxylic acids is 1. The smallest absolute Gasteiger partial charge is 0.223 e. The molecule has 0 aliphatic heterocycles. The number of hydrogen-bond acceptors (Lipinski definition) is 3.